The fourth-order valence-corrected chi connectivity index (χ4v) is 8.65. The van der Waals surface area contributed by atoms with E-state index in [0.717, 1.165) is 16.1 Å². The number of ketones is 2. The predicted molar refractivity (Wildman–Crippen MR) is 134 cm³/mol. The summed E-state index contributed by atoms with van der Waals surface area (Å²) >= 11 is -1.71. The first-order valence-electron chi connectivity index (χ1n) is 10.3. The maximum absolute atomic E-state index is 13.4. The second-order valence-electron chi connectivity index (χ2n) is 7.73. The molecule has 9 nitrogen and oxygen atoms in total. The number of rotatable bonds is 7. The van der Waals surface area contributed by atoms with E-state index in [1.54, 1.807) is 18.2 Å². The number of anilines is 3. The zero-order chi connectivity index (χ0) is 24.2. The third kappa shape index (κ3) is 3.79. The Hall–Kier alpha value is -2.84. The molecule has 0 amide bonds. The van der Waals surface area contributed by atoms with Crippen molar-refractivity contribution in [3.63, 3.8) is 0 Å². The van der Waals surface area contributed by atoms with Gasteiger partial charge in [-0.2, -0.15) is 0 Å². The molecule has 0 fully saturated rings. The molecule has 0 saturated carbocycles. The molecule has 0 radical (unpaired) electrons. The van der Waals surface area contributed by atoms with E-state index in [-0.39, 0.29) is 27.9 Å². The summed E-state index contributed by atoms with van der Waals surface area (Å²) in [6.45, 7) is 2.63. The number of fused-ring (bicyclic) bond motifs is 3. The molecule has 0 spiro atoms. The molecule has 5 N–H and O–H groups in total. The van der Waals surface area contributed by atoms with Crippen LogP contribution in [0.15, 0.2) is 53.4 Å². The van der Waals surface area contributed by atoms with Gasteiger partial charge in [0.25, 0.3) is 0 Å². The van der Waals surface area contributed by atoms with Gasteiger partial charge in [0.15, 0.2) is 0 Å². The Morgan fingerprint density at radius 1 is 1.00 bits per heavy atom. The molecule has 34 heavy (non-hydrogen) atoms. The number of nitrogens with two attached hydrogens (primary N) is 1. The summed E-state index contributed by atoms with van der Waals surface area (Å²) in [4.78, 5) is 31.4. The van der Waals surface area contributed by atoms with Gasteiger partial charge >= 0.3 is 204 Å². The Bertz CT molecular complexity index is 1490. The van der Waals surface area contributed by atoms with Crippen LogP contribution in [0.1, 0.15) is 45.2 Å². The van der Waals surface area contributed by atoms with Gasteiger partial charge in [0.1, 0.15) is 0 Å². The third-order valence-electron chi connectivity index (χ3n) is 5.49. The fraction of sp³-hybridized carbons (Fsp3) is 0.130. The van der Waals surface area contributed by atoms with Crippen molar-refractivity contribution in [1.29, 1.82) is 0 Å². The quantitative estimate of drug-likeness (QED) is 0.0628. The Morgan fingerprint density at radius 3 is 2.32 bits per heavy atom. The van der Waals surface area contributed by atoms with Gasteiger partial charge in [0.05, 0.1) is 0 Å². The van der Waals surface area contributed by atoms with E-state index in [1.807, 2.05) is 19.1 Å². The summed E-state index contributed by atoms with van der Waals surface area (Å²) in [6.07, 6.45) is 0.897. The van der Waals surface area contributed by atoms with E-state index in [4.69, 9.17) is 10.6 Å². The minimum atomic E-state index is -4.77. The van der Waals surface area contributed by atoms with Gasteiger partial charge in [-0.15, -0.1) is 0 Å². The van der Waals surface area contributed by atoms with Crippen molar-refractivity contribution in [3.8, 4) is 0 Å². The SMILES string of the molecule is CCCONI1c2ccc(Nc3cc(S(=O)(=O)O)c(N)c4c3C(=O)c3ccccc3C4=O)cc21. The molecule has 1 aliphatic heterocycles. The molecule has 0 aromatic heterocycles. The van der Waals surface area contributed by atoms with Crippen molar-refractivity contribution in [2.24, 2.45) is 0 Å². The number of hydrogen-bond acceptors (Lipinski definition) is 8. The first-order valence-corrected chi connectivity index (χ1v) is 15.0. The normalized spacial score (nSPS) is 14.9. The summed E-state index contributed by atoms with van der Waals surface area (Å²) in [5, 5.41) is 3.07. The predicted octanol–water partition coefficient (Wildman–Crippen LogP) is 3.74. The number of nitrogens with one attached hydrogen (secondary N) is 2. The first kappa shape index (κ1) is 22.9. The van der Waals surface area contributed by atoms with E-state index in [1.165, 1.54) is 15.7 Å². The van der Waals surface area contributed by atoms with Crippen molar-refractivity contribution in [2.45, 2.75) is 18.2 Å². The molecule has 11 heteroatoms. The Kier molecular flexibility index (Phi) is 5.68. The summed E-state index contributed by atoms with van der Waals surface area (Å²) in [6, 6.07) is 13.0. The zero-order valence-corrected chi connectivity index (χ0v) is 20.9. The number of halogens is 1. The number of benzene rings is 3. The van der Waals surface area contributed by atoms with Crippen molar-refractivity contribution in [3.05, 3.63) is 77.9 Å². The molecule has 1 aliphatic carbocycles. The molecule has 0 saturated heterocycles. The number of carbonyl (C=O) groups is 2. The topological polar surface area (TPSA) is 148 Å². The van der Waals surface area contributed by atoms with E-state index < -0.39 is 52.4 Å². The van der Waals surface area contributed by atoms with E-state index in [9.17, 15) is 22.6 Å². The van der Waals surface area contributed by atoms with Gasteiger partial charge < -0.3 is 0 Å². The zero-order valence-electron chi connectivity index (χ0n) is 17.9. The third-order valence-corrected chi connectivity index (χ3v) is 10.7. The molecule has 5 rings (SSSR count). The van der Waals surface area contributed by atoms with Gasteiger partial charge in [0, 0.05) is 0 Å². The van der Waals surface area contributed by atoms with Crippen LogP contribution in [0.25, 0.3) is 0 Å². The van der Waals surface area contributed by atoms with Gasteiger partial charge in [0.2, 0.25) is 0 Å². The van der Waals surface area contributed by atoms with E-state index in [0.29, 0.717) is 12.3 Å². The van der Waals surface area contributed by atoms with Gasteiger partial charge in [-0.25, -0.2) is 0 Å². The summed E-state index contributed by atoms with van der Waals surface area (Å²) in [7, 11) is -4.77. The Labute approximate surface area is 203 Å². The molecule has 0 bridgehead atoms. The van der Waals surface area contributed by atoms with Crippen LogP contribution < -0.4 is 14.7 Å². The molecule has 0 unspecified atom stereocenters. The molecule has 3 aromatic rings. The first-order chi connectivity index (χ1) is 16.2. The average Bonchev–Trinajstić information content (AvgIpc) is 3.49. The molecule has 1 heterocycles. The van der Waals surface area contributed by atoms with Crippen molar-refractivity contribution < 1.29 is 27.4 Å². The van der Waals surface area contributed by atoms with E-state index >= 15 is 0 Å². The Morgan fingerprint density at radius 2 is 1.68 bits per heavy atom. The summed E-state index contributed by atoms with van der Waals surface area (Å²) in [5.74, 6) is -1.04. The van der Waals surface area contributed by atoms with Crippen LogP contribution in [0.2, 0.25) is 0 Å². The molecule has 0 atom stereocenters. The fourth-order valence-electron chi connectivity index (χ4n) is 3.89. The number of nitrogen functional groups attached to an aromatic ring is 1. The van der Waals surface area contributed by atoms with Crippen LogP contribution in [0.5, 0.6) is 0 Å². The maximum atomic E-state index is 13.4. The van der Waals surface area contributed by atoms with Crippen LogP contribution in [0, 0.1) is 7.14 Å². The average molecular weight is 593 g/mol. The van der Waals surface area contributed by atoms with Crippen LogP contribution >= 0.6 is 20.1 Å². The molecular formula is C23H20IN3O6S. The van der Waals surface area contributed by atoms with Crippen LogP contribution in [-0.4, -0.2) is 31.1 Å². The van der Waals surface area contributed by atoms with E-state index in [2.05, 4.69) is 9.01 Å². The monoisotopic (exact) mass is 593 g/mol. The van der Waals surface area contributed by atoms with Crippen LogP contribution in [0.4, 0.5) is 17.1 Å². The summed E-state index contributed by atoms with van der Waals surface area (Å²) < 4.78 is 39.3. The van der Waals surface area contributed by atoms with Crippen molar-refractivity contribution in [2.75, 3.05) is 17.7 Å². The van der Waals surface area contributed by atoms with Crippen molar-refractivity contribution >= 4 is 58.8 Å². The number of carbonyl (C=O) groups excluding carboxylic acids is 2. The van der Waals surface area contributed by atoms with Crippen LogP contribution in [0.3, 0.4) is 0 Å². The Balaban J connectivity index is 1.59. The van der Waals surface area contributed by atoms with Gasteiger partial charge in [-0.1, -0.05) is 0 Å². The standard InChI is InChI=1S/C23H20IN3O6S/c1-2-9-33-27-24-15-8-7-12(10-16(15)24)26-17-11-18(34(30,31)32)21(25)20-19(17)22(28)13-5-3-4-6-14(13)23(20)29/h3-8,10-11,26-27H,2,9,25H2,1H3,(H,30,31,32). The molecular weight excluding hydrogens is 573 g/mol. The second kappa shape index (κ2) is 8.43. The molecule has 176 valence electrons. The van der Waals surface area contributed by atoms with Crippen molar-refractivity contribution in [1.82, 2.24) is 3.69 Å². The van der Waals surface area contributed by atoms with Gasteiger partial charge in [-0.05, 0) is 0 Å². The van der Waals surface area contributed by atoms with Crippen LogP contribution in [-0.2, 0) is 15.0 Å². The molecule has 3 aromatic carbocycles. The minimum absolute atomic E-state index is 0.0294. The van der Waals surface area contributed by atoms with Gasteiger partial charge in [-0.3, -0.25) is 0 Å². The number of hydrogen-bond donors (Lipinski definition) is 4. The summed E-state index contributed by atoms with van der Waals surface area (Å²) in [5.41, 5.74) is 6.29. The molecule has 2 aliphatic rings. The second-order valence-corrected chi connectivity index (χ2v) is 13.5.